The first kappa shape index (κ1) is 17.8. The number of ether oxygens (including phenoxy) is 1. The molecule has 1 aliphatic heterocycles. The van der Waals surface area contributed by atoms with Crippen LogP contribution < -0.4 is 0 Å². The second-order valence-electron chi connectivity index (χ2n) is 6.59. The summed E-state index contributed by atoms with van der Waals surface area (Å²) in [7, 11) is 0. The fourth-order valence-corrected chi connectivity index (χ4v) is 2.56. The topological polar surface area (TPSA) is 42.4 Å². The number of carbonyl (C=O) groups is 1. The highest BCUT2D eigenvalue weighted by atomic mass is 32.1. The van der Waals surface area contributed by atoms with Crippen LogP contribution in [0.15, 0.2) is 18.3 Å². The van der Waals surface area contributed by atoms with E-state index in [2.05, 4.69) is 17.1 Å². The lowest BCUT2D eigenvalue weighted by Crippen LogP contribution is -2.35. The van der Waals surface area contributed by atoms with Gasteiger partial charge in [0.1, 0.15) is 5.60 Å². The van der Waals surface area contributed by atoms with Gasteiger partial charge in [0.2, 0.25) is 0 Å². The summed E-state index contributed by atoms with van der Waals surface area (Å²) in [5, 5.41) is 0. The third-order valence-electron chi connectivity index (χ3n) is 3.42. The summed E-state index contributed by atoms with van der Waals surface area (Å²) in [5.41, 5.74) is 1.93. The van der Waals surface area contributed by atoms with Crippen molar-refractivity contribution in [1.82, 2.24) is 9.88 Å². The SMILES string of the molecule is Cc1cc(CC2CCN(C(=O)OC(C)(C)C)C2)ccn1.S. The van der Waals surface area contributed by atoms with Gasteiger partial charge in [-0.15, -0.1) is 0 Å². The van der Waals surface area contributed by atoms with Gasteiger partial charge in [-0.05, 0) is 64.2 Å². The van der Waals surface area contributed by atoms with Crippen LogP contribution >= 0.6 is 13.5 Å². The molecule has 1 amide bonds. The van der Waals surface area contributed by atoms with Crippen LogP contribution in [0.3, 0.4) is 0 Å². The fraction of sp³-hybridized carbons (Fsp3) is 0.625. The molecule has 4 nitrogen and oxygen atoms in total. The lowest BCUT2D eigenvalue weighted by atomic mass is 9.99. The van der Waals surface area contributed by atoms with Crippen molar-refractivity contribution in [3.63, 3.8) is 0 Å². The van der Waals surface area contributed by atoms with Crippen molar-refractivity contribution in [2.45, 2.75) is 46.1 Å². The molecule has 0 radical (unpaired) electrons. The van der Waals surface area contributed by atoms with E-state index in [-0.39, 0.29) is 19.6 Å². The highest BCUT2D eigenvalue weighted by Gasteiger charge is 2.29. The number of aromatic nitrogens is 1. The predicted octanol–water partition coefficient (Wildman–Crippen LogP) is 3.30. The summed E-state index contributed by atoms with van der Waals surface area (Å²) in [6, 6.07) is 4.18. The van der Waals surface area contributed by atoms with Gasteiger partial charge >= 0.3 is 6.09 Å². The second-order valence-corrected chi connectivity index (χ2v) is 6.59. The van der Waals surface area contributed by atoms with Gasteiger partial charge < -0.3 is 9.64 Å². The molecule has 2 rings (SSSR count). The Kier molecular flexibility index (Phi) is 6.08. The largest absolute Gasteiger partial charge is 0.444 e. The zero-order valence-electron chi connectivity index (χ0n) is 13.3. The Morgan fingerprint density at radius 1 is 1.48 bits per heavy atom. The molecule has 0 aliphatic carbocycles. The maximum absolute atomic E-state index is 12.0. The fourth-order valence-electron chi connectivity index (χ4n) is 2.56. The molecule has 0 spiro atoms. The molecule has 21 heavy (non-hydrogen) atoms. The molecule has 1 saturated heterocycles. The van der Waals surface area contributed by atoms with Gasteiger partial charge in [-0.2, -0.15) is 13.5 Å². The Hall–Kier alpha value is -1.23. The van der Waals surface area contributed by atoms with Crippen molar-refractivity contribution < 1.29 is 9.53 Å². The van der Waals surface area contributed by atoms with Crippen molar-refractivity contribution in [2.24, 2.45) is 5.92 Å². The van der Waals surface area contributed by atoms with Crippen molar-refractivity contribution in [2.75, 3.05) is 13.1 Å². The van der Waals surface area contributed by atoms with E-state index in [4.69, 9.17) is 4.74 Å². The van der Waals surface area contributed by atoms with Crippen LogP contribution in [-0.4, -0.2) is 34.7 Å². The molecule has 0 aromatic carbocycles. The number of hydrogen-bond acceptors (Lipinski definition) is 3. The van der Waals surface area contributed by atoms with E-state index in [1.54, 1.807) is 0 Å². The molecule has 1 unspecified atom stereocenters. The third kappa shape index (κ3) is 5.58. The summed E-state index contributed by atoms with van der Waals surface area (Å²) in [5.74, 6) is 0.518. The van der Waals surface area contributed by atoms with E-state index in [1.807, 2.05) is 38.8 Å². The molecule has 1 aromatic heterocycles. The zero-order valence-corrected chi connectivity index (χ0v) is 14.3. The molecular weight excluding hydrogens is 284 g/mol. The molecule has 118 valence electrons. The molecule has 1 fully saturated rings. The molecule has 0 N–H and O–H groups in total. The average Bonchev–Trinajstić information content (AvgIpc) is 2.75. The van der Waals surface area contributed by atoms with Gasteiger partial charge in [0.15, 0.2) is 0 Å². The zero-order chi connectivity index (χ0) is 14.8. The Morgan fingerprint density at radius 2 is 2.19 bits per heavy atom. The number of carbonyl (C=O) groups excluding carboxylic acids is 1. The highest BCUT2D eigenvalue weighted by molar-refractivity contribution is 7.59. The van der Waals surface area contributed by atoms with Crippen molar-refractivity contribution in [1.29, 1.82) is 0 Å². The molecule has 5 heteroatoms. The summed E-state index contributed by atoms with van der Waals surface area (Å²) in [6.07, 6.45) is 3.71. The Labute approximate surface area is 134 Å². The number of likely N-dealkylation sites (tertiary alicyclic amines) is 1. The number of hydrogen-bond donors (Lipinski definition) is 0. The van der Waals surface area contributed by atoms with Gasteiger partial charge in [0.05, 0.1) is 0 Å². The summed E-state index contributed by atoms with van der Waals surface area (Å²) in [4.78, 5) is 18.0. The predicted molar refractivity (Wildman–Crippen MR) is 89.0 cm³/mol. The first-order valence-corrected chi connectivity index (χ1v) is 7.23. The van der Waals surface area contributed by atoms with E-state index in [0.29, 0.717) is 5.92 Å². The van der Waals surface area contributed by atoms with E-state index in [1.165, 1.54) is 5.56 Å². The van der Waals surface area contributed by atoms with Crippen LogP contribution in [0.4, 0.5) is 4.79 Å². The van der Waals surface area contributed by atoms with Crippen LogP contribution in [0.25, 0.3) is 0 Å². The molecule has 0 bridgehead atoms. The maximum Gasteiger partial charge on any atom is 0.410 e. The Bertz CT molecular complexity index is 485. The lowest BCUT2D eigenvalue weighted by molar-refractivity contribution is 0.0288. The minimum Gasteiger partial charge on any atom is -0.444 e. The minimum atomic E-state index is -0.419. The van der Waals surface area contributed by atoms with E-state index >= 15 is 0 Å². The van der Waals surface area contributed by atoms with Gasteiger partial charge in [-0.25, -0.2) is 4.79 Å². The third-order valence-corrected chi connectivity index (χ3v) is 3.42. The molecule has 1 atom stereocenters. The minimum absolute atomic E-state index is 0. The average molecular weight is 310 g/mol. The molecular formula is C16H26N2O2S. The molecule has 2 heterocycles. The van der Waals surface area contributed by atoms with Crippen molar-refractivity contribution in [3.05, 3.63) is 29.6 Å². The number of nitrogens with zero attached hydrogens (tertiary/aromatic N) is 2. The summed E-state index contributed by atoms with van der Waals surface area (Å²) >= 11 is 0. The monoisotopic (exact) mass is 310 g/mol. The molecule has 1 aromatic rings. The Balaban J connectivity index is 0.00000220. The van der Waals surface area contributed by atoms with Gasteiger partial charge in [0.25, 0.3) is 0 Å². The number of rotatable bonds is 2. The first-order valence-electron chi connectivity index (χ1n) is 7.23. The van der Waals surface area contributed by atoms with Crippen LogP contribution in [0.2, 0.25) is 0 Å². The first-order chi connectivity index (χ1) is 9.33. The number of amides is 1. The van der Waals surface area contributed by atoms with Crippen molar-refractivity contribution in [3.8, 4) is 0 Å². The van der Waals surface area contributed by atoms with E-state index in [0.717, 1.165) is 31.6 Å². The van der Waals surface area contributed by atoms with Crippen LogP contribution in [0.1, 0.15) is 38.4 Å². The second kappa shape index (κ2) is 7.16. The number of pyridine rings is 1. The molecule has 1 aliphatic rings. The van der Waals surface area contributed by atoms with Gasteiger partial charge in [0, 0.05) is 25.0 Å². The standard InChI is InChI=1S/C16H24N2O2.H2S/c1-12-9-13(5-7-17-12)10-14-6-8-18(11-14)15(19)20-16(2,3)4;/h5,7,9,14H,6,8,10-11H2,1-4H3;1H2. The smallest absolute Gasteiger partial charge is 0.410 e. The summed E-state index contributed by atoms with van der Waals surface area (Å²) < 4.78 is 5.42. The van der Waals surface area contributed by atoms with Gasteiger partial charge in [-0.1, -0.05) is 0 Å². The highest BCUT2D eigenvalue weighted by Crippen LogP contribution is 2.22. The quantitative estimate of drug-likeness (QED) is 0.841. The maximum atomic E-state index is 12.0. The molecule has 0 saturated carbocycles. The van der Waals surface area contributed by atoms with Crippen LogP contribution in [-0.2, 0) is 11.2 Å². The van der Waals surface area contributed by atoms with Gasteiger partial charge in [-0.3, -0.25) is 4.98 Å². The normalized spacial score (nSPS) is 18.3. The lowest BCUT2D eigenvalue weighted by Gasteiger charge is -2.24. The number of aryl methyl sites for hydroxylation is 1. The van der Waals surface area contributed by atoms with Crippen LogP contribution in [0.5, 0.6) is 0 Å². The van der Waals surface area contributed by atoms with Crippen molar-refractivity contribution >= 4 is 19.6 Å². The summed E-state index contributed by atoms with van der Waals surface area (Å²) in [6.45, 7) is 9.29. The Morgan fingerprint density at radius 3 is 2.81 bits per heavy atom. The van der Waals surface area contributed by atoms with E-state index < -0.39 is 5.60 Å². The van der Waals surface area contributed by atoms with E-state index in [9.17, 15) is 4.79 Å². The van der Waals surface area contributed by atoms with Crippen LogP contribution in [0, 0.1) is 12.8 Å².